The minimum Gasteiger partial charge on any atom is -0.388 e. The Hall–Kier alpha value is -0.570. The van der Waals surface area contributed by atoms with E-state index in [0.29, 0.717) is 11.6 Å². The van der Waals surface area contributed by atoms with Gasteiger partial charge >= 0.3 is 0 Å². The fourth-order valence-electron chi connectivity index (χ4n) is 1.87. The molecule has 3 heteroatoms. The number of benzene rings is 1. The zero-order valence-electron chi connectivity index (χ0n) is 8.74. The van der Waals surface area contributed by atoms with E-state index in [0.717, 1.165) is 24.2 Å². The maximum absolute atomic E-state index is 10.1. The first-order chi connectivity index (χ1) is 7.18. The molecule has 0 amide bonds. The molecule has 0 radical (unpaired) electrons. The van der Waals surface area contributed by atoms with Crippen LogP contribution in [-0.4, -0.2) is 18.3 Å². The molecule has 1 aromatic rings. The molecule has 1 aliphatic heterocycles. The van der Waals surface area contributed by atoms with Gasteiger partial charge in [0.2, 0.25) is 0 Å². The molecular formula is C12H15ClO2. The van der Waals surface area contributed by atoms with E-state index in [-0.39, 0.29) is 5.92 Å². The average Bonchev–Trinajstić information content (AvgIpc) is 2.74. The summed E-state index contributed by atoms with van der Waals surface area (Å²) in [6.07, 6.45) is 0.470. The van der Waals surface area contributed by atoms with E-state index in [1.54, 1.807) is 0 Å². The molecule has 0 bridgehead atoms. The van der Waals surface area contributed by atoms with E-state index in [2.05, 4.69) is 0 Å². The maximum Gasteiger partial charge on any atom is 0.0841 e. The van der Waals surface area contributed by atoms with Crippen molar-refractivity contribution in [2.24, 2.45) is 5.92 Å². The van der Waals surface area contributed by atoms with Crippen molar-refractivity contribution >= 4 is 11.6 Å². The van der Waals surface area contributed by atoms with Crippen molar-refractivity contribution in [2.75, 3.05) is 13.2 Å². The number of hydrogen-bond donors (Lipinski definition) is 1. The summed E-state index contributed by atoms with van der Waals surface area (Å²) in [7, 11) is 0. The largest absolute Gasteiger partial charge is 0.388 e. The molecule has 1 fully saturated rings. The molecule has 1 heterocycles. The van der Waals surface area contributed by atoms with E-state index < -0.39 is 6.10 Å². The highest BCUT2D eigenvalue weighted by atomic mass is 35.5. The second kappa shape index (κ2) is 4.52. The van der Waals surface area contributed by atoms with Gasteiger partial charge in [-0.2, -0.15) is 0 Å². The topological polar surface area (TPSA) is 29.5 Å². The Bertz CT molecular complexity index is 345. The van der Waals surface area contributed by atoms with Gasteiger partial charge in [0.05, 0.1) is 12.7 Å². The molecule has 82 valence electrons. The van der Waals surface area contributed by atoms with Crippen molar-refractivity contribution in [1.82, 2.24) is 0 Å². The van der Waals surface area contributed by atoms with Crippen molar-refractivity contribution in [1.29, 1.82) is 0 Å². The molecule has 15 heavy (non-hydrogen) atoms. The minimum atomic E-state index is -0.453. The molecule has 1 aliphatic rings. The number of aryl methyl sites for hydroxylation is 1. The van der Waals surface area contributed by atoms with Crippen LogP contribution in [0.5, 0.6) is 0 Å². The van der Waals surface area contributed by atoms with Crippen molar-refractivity contribution < 1.29 is 9.84 Å². The van der Waals surface area contributed by atoms with E-state index in [4.69, 9.17) is 16.3 Å². The fraction of sp³-hybridized carbons (Fsp3) is 0.500. The highest BCUT2D eigenvalue weighted by Gasteiger charge is 2.25. The third-order valence-electron chi connectivity index (χ3n) is 2.95. The van der Waals surface area contributed by atoms with Gasteiger partial charge in [-0.3, -0.25) is 0 Å². The standard InChI is InChI=1S/C12H15ClO2/c1-8-2-3-9(6-11(8)13)12(14)10-4-5-15-7-10/h2-3,6,10,12,14H,4-5,7H2,1H3. The van der Waals surface area contributed by atoms with Crippen molar-refractivity contribution in [2.45, 2.75) is 19.4 Å². The summed E-state index contributed by atoms with van der Waals surface area (Å²) in [5.41, 5.74) is 1.93. The Labute approximate surface area is 94.8 Å². The van der Waals surface area contributed by atoms with Crippen LogP contribution in [0.2, 0.25) is 5.02 Å². The third kappa shape index (κ3) is 2.33. The molecule has 1 saturated heterocycles. The summed E-state index contributed by atoms with van der Waals surface area (Å²) in [6.45, 7) is 3.35. The van der Waals surface area contributed by atoms with Gasteiger partial charge < -0.3 is 9.84 Å². The average molecular weight is 227 g/mol. The Kier molecular flexibility index (Phi) is 3.29. The van der Waals surface area contributed by atoms with Gasteiger partial charge in [-0.1, -0.05) is 23.7 Å². The summed E-state index contributed by atoms with van der Waals surface area (Å²) in [5, 5.41) is 10.8. The monoisotopic (exact) mass is 226 g/mol. The van der Waals surface area contributed by atoms with Crippen molar-refractivity contribution in [3.8, 4) is 0 Å². The predicted molar refractivity (Wildman–Crippen MR) is 60.1 cm³/mol. The summed E-state index contributed by atoms with van der Waals surface area (Å²) < 4.78 is 5.26. The molecule has 0 spiro atoms. The van der Waals surface area contributed by atoms with Crippen molar-refractivity contribution in [3.63, 3.8) is 0 Å². The lowest BCUT2D eigenvalue weighted by Crippen LogP contribution is -2.12. The van der Waals surface area contributed by atoms with Gasteiger partial charge in [-0.25, -0.2) is 0 Å². The first kappa shape index (κ1) is 10.9. The number of ether oxygens (including phenoxy) is 1. The fourth-order valence-corrected chi connectivity index (χ4v) is 2.06. The highest BCUT2D eigenvalue weighted by Crippen LogP contribution is 2.30. The third-order valence-corrected chi connectivity index (χ3v) is 3.36. The smallest absolute Gasteiger partial charge is 0.0841 e. The lowest BCUT2D eigenvalue weighted by atomic mass is 9.95. The Morgan fingerprint density at radius 1 is 1.53 bits per heavy atom. The van der Waals surface area contributed by atoms with Crippen LogP contribution in [0, 0.1) is 12.8 Å². The summed E-state index contributed by atoms with van der Waals surface area (Å²) in [4.78, 5) is 0. The van der Waals surface area contributed by atoms with Gasteiger partial charge in [0.1, 0.15) is 0 Å². The van der Waals surface area contributed by atoms with Crippen molar-refractivity contribution in [3.05, 3.63) is 34.3 Å². The highest BCUT2D eigenvalue weighted by molar-refractivity contribution is 6.31. The number of halogens is 1. The molecule has 1 aromatic carbocycles. The van der Waals surface area contributed by atoms with E-state index in [1.807, 2.05) is 25.1 Å². The molecule has 2 nitrogen and oxygen atoms in total. The Morgan fingerprint density at radius 3 is 2.93 bits per heavy atom. The molecule has 2 atom stereocenters. The SMILES string of the molecule is Cc1ccc(C(O)C2CCOC2)cc1Cl. The van der Waals surface area contributed by atoms with Gasteiger partial charge in [0.15, 0.2) is 0 Å². The van der Waals surface area contributed by atoms with E-state index in [1.165, 1.54) is 0 Å². The predicted octanol–water partition coefficient (Wildman–Crippen LogP) is 2.72. The number of aliphatic hydroxyl groups is 1. The Balaban J connectivity index is 2.17. The van der Waals surface area contributed by atoms with Gasteiger partial charge in [0, 0.05) is 17.5 Å². The molecule has 2 rings (SSSR count). The molecule has 2 unspecified atom stereocenters. The van der Waals surface area contributed by atoms with Gasteiger partial charge in [-0.15, -0.1) is 0 Å². The first-order valence-electron chi connectivity index (χ1n) is 5.20. The van der Waals surface area contributed by atoms with Crippen LogP contribution in [0.25, 0.3) is 0 Å². The van der Waals surface area contributed by atoms with Crippen LogP contribution in [0.15, 0.2) is 18.2 Å². The molecule has 1 N–H and O–H groups in total. The maximum atomic E-state index is 10.1. The van der Waals surface area contributed by atoms with Gasteiger partial charge in [0.25, 0.3) is 0 Å². The second-order valence-electron chi connectivity index (χ2n) is 4.08. The van der Waals surface area contributed by atoms with E-state index in [9.17, 15) is 5.11 Å². The number of hydrogen-bond acceptors (Lipinski definition) is 2. The van der Waals surface area contributed by atoms with Crippen LogP contribution in [-0.2, 0) is 4.74 Å². The van der Waals surface area contributed by atoms with Crippen LogP contribution < -0.4 is 0 Å². The van der Waals surface area contributed by atoms with Crippen LogP contribution in [0.4, 0.5) is 0 Å². The molecule has 0 aromatic heterocycles. The van der Waals surface area contributed by atoms with Crippen LogP contribution >= 0.6 is 11.6 Å². The molecule has 0 saturated carbocycles. The summed E-state index contributed by atoms with van der Waals surface area (Å²) >= 11 is 6.02. The van der Waals surface area contributed by atoms with Gasteiger partial charge in [-0.05, 0) is 30.5 Å². The number of aliphatic hydroxyl groups excluding tert-OH is 1. The zero-order valence-corrected chi connectivity index (χ0v) is 9.50. The van der Waals surface area contributed by atoms with Crippen LogP contribution in [0.3, 0.4) is 0 Å². The quantitative estimate of drug-likeness (QED) is 0.840. The molecule has 0 aliphatic carbocycles. The lowest BCUT2D eigenvalue weighted by Gasteiger charge is -2.17. The van der Waals surface area contributed by atoms with E-state index >= 15 is 0 Å². The minimum absolute atomic E-state index is 0.212. The summed E-state index contributed by atoms with van der Waals surface area (Å²) in [6, 6.07) is 5.72. The Morgan fingerprint density at radius 2 is 2.33 bits per heavy atom. The zero-order chi connectivity index (χ0) is 10.8. The summed E-state index contributed by atoms with van der Waals surface area (Å²) in [5.74, 6) is 0.212. The first-order valence-corrected chi connectivity index (χ1v) is 5.58. The second-order valence-corrected chi connectivity index (χ2v) is 4.48. The lowest BCUT2D eigenvalue weighted by molar-refractivity contribution is 0.0918. The normalized spacial score (nSPS) is 23.0. The van der Waals surface area contributed by atoms with Crippen LogP contribution in [0.1, 0.15) is 23.7 Å². The number of rotatable bonds is 2. The molecular weight excluding hydrogens is 212 g/mol.